The number of rotatable bonds is 9. The van der Waals surface area contributed by atoms with Crippen LogP contribution in [0.3, 0.4) is 0 Å². The summed E-state index contributed by atoms with van der Waals surface area (Å²) in [6.45, 7) is 8.60. The van der Waals surface area contributed by atoms with Crippen molar-refractivity contribution in [1.29, 1.82) is 0 Å². The number of nitrogens with zero attached hydrogens (tertiary/aromatic N) is 1. The Labute approximate surface area is 126 Å². The van der Waals surface area contributed by atoms with E-state index in [-0.39, 0.29) is 0 Å². The van der Waals surface area contributed by atoms with E-state index in [0.717, 1.165) is 37.5 Å². The van der Waals surface area contributed by atoms with Gasteiger partial charge in [0.05, 0.1) is 12.5 Å². The summed E-state index contributed by atoms with van der Waals surface area (Å²) in [7, 11) is 0. The number of anilines is 1. The van der Waals surface area contributed by atoms with Crippen molar-refractivity contribution in [3.63, 3.8) is 0 Å². The van der Waals surface area contributed by atoms with Crippen LogP contribution in [0.25, 0.3) is 0 Å². The highest BCUT2D eigenvalue weighted by molar-refractivity contribution is 5.50. The molecule has 0 spiro atoms. The lowest BCUT2D eigenvalue weighted by Gasteiger charge is -2.21. The molecule has 2 aromatic rings. The first-order chi connectivity index (χ1) is 10.3. The minimum absolute atomic E-state index is 0.652. The fourth-order valence-corrected chi connectivity index (χ4v) is 2.23. The SMILES string of the molecule is CCN(CC)c1cccc(OCCNCc2ccoc2)c1. The average Bonchev–Trinajstić information content (AvgIpc) is 3.02. The molecule has 0 radical (unpaired) electrons. The Morgan fingerprint density at radius 3 is 2.76 bits per heavy atom. The zero-order valence-electron chi connectivity index (χ0n) is 12.8. The minimum atomic E-state index is 0.652. The number of nitrogens with one attached hydrogen (secondary N) is 1. The van der Waals surface area contributed by atoms with E-state index in [0.29, 0.717) is 6.61 Å². The first kappa shape index (κ1) is 15.4. The van der Waals surface area contributed by atoms with Crippen molar-refractivity contribution in [2.75, 3.05) is 31.1 Å². The molecule has 0 aliphatic rings. The third-order valence-corrected chi connectivity index (χ3v) is 3.40. The zero-order chi connectivity index (χ0) is 14.9. The van der Waals surface area contributed by atoms with Gasteiger partial charge >= 0.3 is 0 Å². The highest BCUT2D eigenvalue weighted by atomic mass is 16.5. The lowest BCUT2D eigenvalue weighted by Crippen LogP contribution is -2.22. The number of hydrogen-bond acceptors (Lipinski definition) is 4. The number of ether oxygens (including phenoxy) is 1. The van der Waals surface area contributed by atoms with Crippen molar-refractivity contribution in [2.24, 2.45) is 0 Å². The van der Waals surface area contributed by atoms with E-state index in [1.165, 1.54) is 5.69 Å². The van der Waals surface area contributed by atoms with Gasteiger partial charge in [-0.25, -0.2) is 0 Å². The van der Waals surface area contributed by atoms with E-state index in [1.807, 2.05) is 18.2 Å². The standard InChI is InChI=1S/C17H24N2O2/c1-3-19(4-2)16-6-5-7-17(12-16)21-11-9-18-13-15-8-10-20-14-15/h5-8,10,12,14,18H,3-4,9,11,13H2,1-2H3. The van der Waals surface area contributed by atoms with Crippen LogP contribution < -0.4 is 15.0 Å². The second kappa shape index (κ2) is 8.37. The van der Waals surface area contributed by atoms with Crippen molar-refractivity contribution in [3.8, 4) is 5.75 Å². The van der Waals surface area contributed by atoms with Crippen molar-refractivity contribution in [2.45, 2.75) is 20.4 Å². The van der Waals surface area contributed by atoms with Gasteiger partial charge in [0.2, 0.25) is 0 Å². The molecule has 0 fully saturated rings. The van der Waals surface area contributed by atoms with Gasteiger partial charge in [0.15, 0.2) is 0 Å². The Bertz CT molecular complexity index is 507. The van der Waals surface area contributed by atoms with E-state index in [1.54, 1.807) is 12.5 Å². The topological polar surface area (TPSA) is 37.6 Å². The zero-order valence-corrected chi connectivity index (χ0v) is 12.8. The van der Waals surface area contributed by atoms with Crippen molar-refractivity contribution in [1.82, 2.24) is 5.32 Å². The highest BCUT2D eigenvalue weighted by Crippen LogP contribution is 2.20. The quantitative estimate of drug-likeness (QED) is 0.718. The van der Waals surface area contributed by atoms with Crippen LogP contribution in [0.4, 0.5) is 5.69 Å². The molecule has 0 aliphatic heterocycles. The Balaban J connectivity index is 1.74. The molecule has 4 nitrogen and oxygen atoms in total. The van der Waals surface area contributed by atoms with Crippen LogP contribution in [0.15, 0.2) is 47.3 Å². The molecule has 21 heavy (non-hydrogen) atoms. The Morgan fingerprint density at radius 1 is 1.19 bits per heavy atom. The molecule has 1 aromatic carbocycles. The molecule has 4 heteroatoms. The van der Waals surface area contributed by atoms with E-state index in [9.17, 15) is 0 Å². The second-order valence-corrected chi connectivity index (χ2v) is 4.83. The van der Waals surface area contributed by atoms with Gasteiger partial charge in [0, 0.05) is 43.5 Å². The van der Waals surface area contributed by atoms with Gasteiger partial charge in [-0.3, -0.25) is 0 Å². The summed E-state index contributed by atoms with van der Waals surface area (Å²) in [4.78, 5) is 2.31. The van der Waals surface area contributed by atoms with Gasteiger partial charge in [-0.05, 0) is 32.0 Å². The summed E-state index contributed by atoms with van der Waals surface area (Å²) >= 11 is 0. The van der Waals surface area contributed by atoms with Gasteiger partial charge in [0.1, 0.15) is 12.4 Å². The predicted octanol–water partition coefficient (Wildman–Crippen LogP) is 3.29. The van der Waals surface area contributed by atoms with Crippen LogP contribution in [-0.4, -0.2) is 26.2 Å². The van der Waals surface area contributed by atoms with Crippen molar-refractivity contribution < 1.29 is 9.15 Å². The highest BCUT2D eigenvalue weighted by Gasteiger charge is 2.03. The lowest BCUT2D eigenvalue weighted by atomic mass is 10.2. The molecule has 0 bridgehead atoms. The summed E-state index contributed by atoms with van der Waals surface area (Å²) < 4.78 is 10.8. The molecular weight excluding hydrogens is 264 g/mol. The van der Waals surface area contributed by atoms with Gasteiger partial charge < -0.3 is 19.4 Å². The average molecular weight is 288 g/mol. The minimum Gasteiger partial charge on any atom is -0.492 e. The maximum Gasteiger partial charge on any atom is 0.121 e. The molecule has 0 amide bonds. The molecule has 0 aliphatic carbocycles. The van der Waals surface area contributed by atoms with Crippen molar-refractivity contribution >= 4 is 5.69 Å². The Hall–Kier alpha value is -1.94. The van der Waals surface area contributed by atoms with Gasteiger partial charge in [0.25, 0.3) is 0 Å². The molecule has 2 rings (SSSR count). The first-order valence-electron chi connectivity index (χ1n) is 7.53. The number of hydrogen-bond donors (Lipinski definition) is 1. The molecule has 1 N–H and O–H groups in total. The van der Waals surface area contributed by atoms with Crippen LogP contribution in [0.5, 0.6) is 5.75 Å². The Morgan fingerprint density at radius 2 is 2.05 bits per heavy atom. The van der Waals surface area contributed by atoms with E-state index in [4.69, 9.17) is 9.15 Å². The molecular formula is C17H24N2O2. The monoisotopic (exact) mass is 288 g/mol. The summed E-state index contributed by atoms with van der Waals surface area (Å²) in [6, 6.07) is 10.2. The fourth-order valence-electron chi connectivity index (χ4n) is 2.23. The van der Waals surface area contributed by atoms with Gasteiger partial charge in [-0.2, -0.15) is 0 Å². The summed E-state index contributed by atoms with van der Waals surface area (Å²) in [5.74, 6) is 0.921. The molecule has 114 valence electrons. The van der Waals surface area contributed by atoms with Crippen LogP contribution in [0.1, 0.15) is 19.4 Å². The third-order valence-electron chi connectivity index (χ3n) is 3.40. The summed E-state index contributed by atoms with van der Waals surface area (Å²) in [6.07, 6.45) is 3.44. The predicted molar refractivity (Wildman–Crippen MR) is 85.9 cm³/mol. The number of benzene rings is 1. The first-order valence-corrected chi connectivity index (χ1v) is 7.53. The summed E-state index contributed by atoms with van der Waals surface area (Å²) in [5, 5.41) is 3.32. The van der Waals surface area contributed by atoms with Gasteiger partial charge in [-0.15, -0.1) is 0 Å². The molecule has 0 unspecified atom stereocenters. The van der Waals surface area contributed by atoms with Crippen LogP contribution in [-0.2, 0) is 6.54 Å². The maximum absolute atomic E-state index is 5.79. The lowest BCUT2D eigenvalue weighted by molar-refractivity contribution is 0.313. The molecule has 0 saturated heterocycles. The van der Waals surface area contributed by atoms with Crippen LogP contribution >= 0.6 is 0 Å². The molecule has 1 aromatic heterocycles. The third kappa shape index (κ3) is 4.83. The molecule has 1 heterocycles. The van der Waals surface area contributed by atoms with E-state index >= 15 is 0 Å². The molecule has 0 atom stereocenters. The van der Waals surface area contributed by atoms with Crippen molar-refractivity contribution in [3.05, 3.63) is 48.4 Å². The Kier molecular flexibility index (Phi) is 6.16. The van der Waals surface area contributed by atoms with Gasteiger partial charge in [-0.1, -0.05) is 6.07 Å². The maximum atomic E-state index is 5.79. The second-order valence-electron chi connectivity index (χ2n) is 4.83. The van der Waals surface area contributed by atoms with Crippen LogP contribution in [0.2, 0.25) is 0 Å². The normalized spacial score (nSPS) is 10.6. The largest absolute Gasteiger partial charge is 0.492 e. The van der Waals surface area contributed by atoms with E-state index < -0.39 is 0 Å². The van der Waals surface area contributed by atoms with Crippen LogP contribution in [0, 0.1) is 0 Å². The smallest absolute Gasteiger partial charge is 0.121 e. The fraction of sp³-hybridized carbons (Fsp3) is 0.412. The number of furan rings is 1. The molecule has 0 saturated carbocycles. The summed E-state index contributed by atoms with van der Waals surface area (Å²) in [5.41, 5.74) is 2.36. The van der Waals surface area contributed by atoms with E-state index in [2.05, 4.69) is 36.2 Å².